The van der Waals surface area contributed by atoms with Crippen LogP contribution in [0.4, 0.5) is 17.1 Å². The molecule has 0 N–H and O–H groups in total. The third kappa shape index (κ3) is 5.88. The van der Waals surface area contributed by atoms with E-state index >= 15 is 0 Å². The summed E-state index contributed by atoms with van der Waals surface area (Å²) < 4.78 is 0. The van der Waals surface area contributed by atoms with Gasteiger partial charge < -0.3 is 4.90 Å². The molecule has 7 aromatic carbocycles. The van der Waals surface area contributed by atoms with E-state index in [0.717, 1.165) is 17.8 Å². The van der Waals surface area contributed by atoms with Gasteiger partial charge in [-0.1, -0.05) is 155 Å². The first-order valence-electron chi connectivity index (χ1n) is 21.9. The molecule has 3 atom stereocenters. The Labute approximate surface area is 339 Å². The average molecular weight is 740 g/mol. The molecule has 57 heavy (non-hydrogen) atoms. The molecule has 0 spiro atoms. The summed E-state index contributed by atoms with van der Waals surface area (Å²) in [4.78, 5) is 2.57. The van der Waals surface area contributed by atoms with E-state index in [1.165, 1.54) is 141 Å². The van der Waals surface area contributed by atoms with Crippen LogP contribution in [0.3, 0.4) is 0 Å². The van der Waals surface area contributed by atoms with Gasteiger partial charge in [0.25, 0.3) is 0 Å². The van der Waals surface area contributed by atoms with Crippen LogP contribution in [-0.2, 0) is 5.41 Å². The quantitative estimate of drug-likeness (QED) is 0.157. The van der Waals surface area contributed by atoms with Gasteiger partial charge >= 0.3 is 0 Å². The highest BCUT2D eigenvalue weighted by molar-refractivity contribution is 5.98. The molecular weight excluding hydrogens is 687 g/mol. The summed E-state index contributed by atoms with van der Waals surface area (Å²) in [5.74, 6) is 3.15. The van der Waals surface area contributed by atoms with Crippen molar-refractivity contribution in [2.75, 3.05) is 4.90 Å². The molecule has 4 aliphatic carbocycles. The van der Waals surface area contributed by atoms with Crippen LogP contribution >= 0.6 is 0 Å². The molecule has 4 aliphatic rings. The fraction of sp³-hybridized carbons (Fsp3) is 0.286. The van der Waals surface area contributed by atoms with Crippen molar-refractivity contribution in [3.63, 3.8) is 0 Å². The van der Waals surface area contributed by atoms with Gasteiger partial charge in [0.15, 0.2) is 0 Å². The number of nitrogens with zero attached hydrogens (tertiary/aromatic N) is 1. The molecule has 282 valence electrons. The lowest BCUT2D eigenvalue weighted by Crippen LogP contribution is -2.17. The van der Waals surface area contributed by atoms with Gasteiger partial charge in [-0.05, 0) is 153 Å². The van der Waals surface area contributed by atoms with Crippen molar-refractivity contribution in [3.8, 4) is 33.4 Å². The largest absolute Gasteiger partial charge is 0.310 e. The van der Waals surface area contributed by atoms with Crippen LogP contribution in [0.5, 0.6) is 0 Å². The maximum absolute atomic E-state index is 2.57. The molecule has 0 radical (unpaired) electrons. The monoisotopic (exact) mass is 739 g/mol. The molecule has 0 heterocycles. The minimum Gasteiger partial charge on any atom is -0.310 e. The van der Waals surface area contributed by atoms with Gasteiger partial charge in [0.1, 0.15) is 0 Å². The molecule has 0 aliphatic heterocycles. The van der Waals surface area contributed by atoms with Crippen molar-refractivity contribution in [1.82, 2.24) is 0 Å². The third-order valence-corrected chi connectivity index (χ3v) is 14.8. The highest BCUT2D eigenvalue weighted by Crippen LogP contribution is 2.55. The molecule has 11 rings (SSSR count). The van der Waals surface area contributed by atoms with Crippen molar-refractivity contribution in [1.29, 1.82) is 0 Å². The molecule has 2 bridgehead atoms. The van der Waals surface area contributed by atoms with Crippen molar-refractivity contribution in [2.24, 2.45) is 11.8 Å². The Morgan fingerprint density at radius 2 is 1.25 bits per heavy atom. The van der Waals surface area contributed by atoms with Gasteiger partial charge in [-0.15, -0.1) is 0 Å². The minimum absolute atomic E-state index is 0.137. The summed E-state index contributed by atoms with van der Waals surface area (Å²) >= 11 is 0. The maximum Gasteiger partial charge on any atom is 0.0540 e. The lowest BCUT2D eigenvalue weighted by Gasteiger charge is -2.31. The van der Waals surface area contributed by atoms with Crippen LogP contribution in [0.25, 0.3) is 44.2 Å². The number of anilines is 3. The van der Waals surface area contributed by atoms with Gasteiger partial charge in [0.05, 0.1) is 5.69 Å². The smallest absolute Gasteiger partial charge is 0.0540 e. The molecule has 3 saturated carbocycles. The predicted octanol–water partition coefficient (Wildman–Crippen LogP) is 15.9. The Morgan fingerprint density at radius 3 is 2.07 bits per heavy atom. The van der Waals surface area contributed by atoms with E-state index in [0.29, 0.717) is 5.92 Å². The second-order valence-corrected chi connectivity index (χ2v) is 18.3. The van der Waals surface area contributed by atoms with E-state index in [4.69, 9.17) is 0 Å². The standard InChI is InChI=1S/C56H53N/c1-56(2)53-32-27-42(47-21-12-16-39-15-6-7-17-45(39)47)35-52(53)49-31-30-44(36-54(49)56)57(43-28-25-40(26-29-43)51-34-37-23-24-41(51)33-37)55-22-11-10-20-50(55)48-19-9-8-18-46(48)38-13-4-3-5-14-38/h6-12,15-22,25-32,35-38,41,51H,3-5,13-14,23-24,33-34H2,1-2H3. The molecule has 0 saturated heterocycles. The average Bonchev–Trinajstić information content (AvgIpc) is 3.97. The SMILES string of the molecule is CC1(C)c2ccc(-c3cccc4ccccc34)cc2-c2ccc(N(c3ccc(C4CC5CCC4C5)cc3)c3ccccc3-c3ccccc3C3CCCCC3)cc21. The number of rotatable bonds is 7. The van der Waals surface area contributed by atoms with Gasteiger partial charge in [-0.25, -0.2) is 0 Å². The predicted molar refractivity (Wildman–Crippen MR) is 241 cm³/mol. The highest BCUT2D eigenvalue weighted by atomic mass is 15.1. The van der Waals surface area contributed by atoms with Crippen LogP contribution < -0.4 is 4.90 Å². The summed E-state index contributed by atoms with van der Waals surface area (Å²) in [5.41, 5.74) is 17.4. The Morgan fingerprint density at radius 1 is 0.509 bits per heavy atom. The Hall–Kier alpha value is -5.40. The second-order valence-electron chi connectivity index (χ2n) is 18.3. The summed E-state index contributed by atoms with van der Waals surface area (Å²) in [7, 11) is 0. The fourth-order valence-electron chi connectivity index (χ4n) is 11.9. The van der Waals surface area contributed by atoms with Crippen molar-refractivity contribution in [3.05, 3.63) is 174 Å². The van der Waals surface area contributed by atoms with Crippen LogP contribution in [0, 0.1) is 11.8 Å². The lowest BCUT2D eigenvalue weighted by molar-refractivity contribution is 0.420. The fourth-order valence-corrected chi connectivity index (χ4v) is 11.9. The first-order valence-corrected chi connectivity index (χ1v) is 21.9. The van der Waals surface area contributed by atoms with Crippen LogP contribution in [0.2, 0.25) is 0 Å². The maximum atomic E-state index is 2.57. The van der Waals surface area contributed by atoms with Gasteiger partial charge in [0, 0.05) is 22.4 Å². The van der Waals surface area contributed by atoms with Gasteiger partial charge in [-0.2, -0.15) is 0 Å². The zero-order valence-corrected chi connectivity index (χ0v) is 33.6. The topological polar surface area (TPSA) is 3.24 Å². The van der Waals surface area contributed by atoms with E-state index in [1.807, 2.05) is 0 Å². The third-order valence-electron chi connectivity index (χ3n) is 14.8. The van der Waals surface area contributed by atoms with E-state index in [-0.39, 0.29) is 5.41 Å². The zero-order valence-electron chi connectivity index (χ0n) is 33.6. The molecular formula is C56H53N. The summed E-state index contributed by atoms with van der Waals surface area (Å²) in [5, 5.41) is 2.59. The Balaban J connectivity index is 1.05. The van der Waals surface area contributed by atoms with Crippen molar-refractivity contribution < 1.29 is 0 Å². The van der Waals surface area contributed by atoms with Crippen molar-refractivity contribution >= 4 is 27.8 Å². The summed E-state index contributed by atoms with van der Waals surface area (Å²) in [6, 6.07) is 58.3. The first-order chi connectivity index (χ1) is 28.0. The molecule has 0 aromatic heterocycles. The molecule has 1 heteroatoms. The van der Waals surface area contributed by atoms with Crippen molar-refractivity contribution in [2.45, 2.75) is 88.9 Å². The molecule has 3 fully saturated rings. The first kappa shape index (κ1) is 34.8. The van der Waals surface area contributed by atoms with E-state index < -0.39 is 0 Å². The zero-order chi connectivity index (χ0) is 38.1. The molecule has 0 amide bonds. The number of benzene rings is 7. The second kappa shape index (κ2) is 13.9. The number of hydrogen-bond acceptors (Lipinski definition) is 1. The summed E-state index contributed by atoms with van der Waals surface area (Å²) in [6.07, 6.45) is 12.3. The molecule has 1 nitrogen and oxygen atoms in total. The van der Waals surface area contributed by atoms with E-state index in [1.54, 1.807) is 0 Å². The number of para-hydroxylation sites is 1. The number of hydrogen-bond donors (Lipinski definition) is 0. The van der Waals surface area contributed by atoms with E-state index in [2.05, 4.69) is 170 Å². The Kier molecular flexibility index (Phi) is 8.50. The Bertz CT molecular complexity index is 2620. The van der Waals surface area contributed by atoms with Gasteiger partial charge in [-0.3, -0.25) is 0 Å². The highest BCUT2D eigenvalue weighted by Gasteiger charge is 2.40. The minimum atomic E-state index is -0.137. The van der Waals surface area contributed by atoms with Gasteiger partial charge in [0.2, 0.25) is 0 Å². The van der Waals surface area contributed by atoms with Crippen LogP contribution in [0.1, 0.15) is 106 Å². The summed E-state index contributed by atoms with van der Waals surface area (Å²) in [6.45, 7) is 4.84. The molecule has 3 unspecified atom stereocenters. The van der Waals surface area contributed by atoms with Crippen LogP contribution in [0.15, 0.2) is 152 Å². The van der Waals surface area contributed by atoms with E-state index in [9.17, 15) is 0 Å². The van der Waals surface area contributed by atoms with Crippen LogP contribution in [-0.4, -0.2) is 0 Å². The molecule has 7 aromatic rings. The lowest BCUT2D eigenvalue weighted by atomic mass is 9.80. The normalized spacial score (nSPS) is 20.8. The number of fused-ring (bicyclic) bond motifs is 6.